The summed E-state index contributed by atoms with van der Waals surface area (Å²) in [5, 5.41) is 7.32. The molecule has 6 aromatic rings. The summed E-state index contributed by atoms with van der Waals surface area (Å²) in [5.41, 5.74) is 6.43. The molecule has 0 saturated heterocycles. The summed E-state index contributed by atoms with van der Waals surface area (Å²) in [7, 11) is 1.27. The highest BCUT2D eigenvalue weighted by Crippen LogP contribution is 2.30. The van der Waals surface area contributed by atoms with Crippen LogP contribution in [0.3, 0.4) is 0 Å². The molecule has 0 aliphatic heterocycles. The molecule has 1 atom stereocenters. The number of amides is 4. The number of rotatable bonds is 17. The van der Waals surface area contributed by atoms with Crippen molar-refractivity contribution in [2.24, 2.45) is 5.92 Å². The van der Waals surface area contributed by atoms with E-state index in [4.69, 9.17) is 4.74 Å². The molecule has 0 unspecified atom stereocenters. The number of alkyl carbamates (subject to hydrolysis) is 1. The van der Waals surface area contributed by atoms with E-state index in [1.54, 1.807) is 22.2 Å². The molecule has 13 nitrogen and oxygen atoms in total. The van der Waals surface area contributed by atoms with Gasteiger partial charge in [-0.3, -0.25) is 14.4 Å². The summed E-state index contributed by atoms with van der Waals surface area (Å²) >= 11 is 0. The Kier molecular flexibility index (Phi) is 13.1. The second-order valence-corrected chi connectivity index (χ2v) is 14.2. The molecule has 0 fully saturated rings. The number of aromatic amines is 2. The fraction of sp³-hybridized carbons (Fsp3) is 0.273. The van der Waals surface area contributed by atoms with E-state index in [1.165, 1.54) is 7.11 Å². The standard InChI is InChI=1S/C44H48N8O5/c1-5-19-51(41(54)24-45-28-53)26-39-47-23-38(49-39)36-18-17-34-20-33(15-16-35(34)21-36)30-11-13-31(14-12-30)37-22-46-40(48-37)27-52(25-29(2)3)43(55)42(50-44(56)57-4)32-9-7-6-8-10-32/h6-18,20-23,28-29,42H,5,19,24-27H2,1-4H3,(H,45,53)(H,46,48)(H,47,49)(H,50,56)/t42-/m1/s1. The lowest BCUT2D eigenvalue weighted by atomic mass is 9.98. The first-order chi connectivity index (χ1) is 27.6. The maximum absolute atomic E-state index is 13.9. The van der Waals surface area contributed by atoms with E-state index in [0.717, 1.165) is 50.8 Å². The Morgan fingerprint density at radius 2 is 1.35 bits per heavy atom. The van der Waals surface area contributed by atoms with Crippen molar-refractivity contribution in [3.05, 3.63) is 121 Å². The van der Waals surface area contributed by atoms with Gasteiger partial charge in [0.05, 0.1) is 50.5 Å². The zero-order valence-corrected chi connectivity index (χ0v) is 32.6. The molecular weight excluding hydrogens is 721 g/mol. The van der Waals surface area contributed by atoms with Crippen LogP contribution in [0.25, 0.3) is 44.4 Å². The van der Waals surface area contributed by atoms with Crippen LogP contribution in [0.2, 0.25) is 0 Å². The van der Waals surface area contributed by atoms with E-state index in [0.29, 0.717) is 43.3 Å². The van der Waals surface area contributed by atoms with Crippen molar-refractivity contribution in [2.75, 3.05) is 26.7 Å². The summed E-state index contributed by atoms with van der Waals surface area (Å²) in [5.74, 6) is 1.07. The molecule has 0 bridgehead atoms. The van der Waals surface area contributed by atoms with E-state index in [2.05, 4.69) is 79.1 Å². The Labute approximate surface area is 331 Å². The number of hydrogen-bond donors (Lipinski definition) is 4. The highest BCUT2D eigenvalue weighted by Gasteiger charge is 2.29. The summed E-state index contributed by atoms with van der Waals surface area (Å²) in [6.07, 6.45) is 4.19. The van der Waals surface area contributed by atoms with E-state index in [-0.39, 0.29) is 30.8 Å². The largest absolute Gasteiger partial charge is 0.453 e. The third-order valence-electron chi connectivity index (χ3n) is 9.53. The van der Waals surface area contributed by atoms with E-state index >= 15 is 0 Å². The normalized spacial score (nSPS) is 11.6. The molecule has 4 N–H and O–H groups in total. The number of nitrogens with one attached hydrogen (secondary N) is 4. The number of fused-ring (bicyclic) bond motifs is 1. The van der Waals surface area contributed by atoms with Crippen molar-refractivity contribution in [3.8, 4) is 33.6 Å². The fourth-order valence-corrected chi connectivity index (χ4v) is 6.74. The maximum atomic E-state index is 13.9. The number of aromatic nitrogens is 4. The molecular formula is C44H48N8O5. The number of nitrogens with zero attached hydrogens (tertiary/aromatic N) is 4. The lowest BCUT2D eigenvalue weighted by molar-refractivity contribution is -0.135. The number of hydrogen-bond acceptors (Lipinski definition) is 7. The molecule has 2 aromatic heterocycles. The first kappa shape index (κ1) is 39.9. The van der Waals surface area contributed by atoms with Gasteiger partial charge in [0.2, 0.25) is 18.2 Å². The SMILES string of the molecule is CCCN(Cc1ncc(-c2ccc3cc(-c4ccc(-c5cnc(CN(CC(C)C)C(=O)[C@H](NC(=O)OC)c6ccccc6)[nH]5)cc4)ccc3c2)[nH]1)C(=O)CNC=O. The molecule has 6 rings (SSSR count). The van der Waals surface area contributed by atoms with Crippen molar-refractivity contribution in [1.82, 2.24) is 40.4 Å². The molecule has 0 spiro atoms. The number of ether oxygens (including phenoxy) is 1. The van der Waals surface area contributed by atoms with Crippen LogP contribution in [0.5, 0.6) is 0 Å². The first-order valence-corrected chi connectivity index (χ1v) is 19.0. The van der Waals surface area contributed by atoms with Gasteiger partial charge in [-0.1, -0.05) is 99.6 Å². The molecule has 13 heteroatoms. The molecule has 294 valence electrons. The Balaban J connectivity index is 1.13. The van der Waals surface area contributed by atoms with E-state index in [1.807, 2.05) is 63.2 Å². The van der Waals surface area contributed by atoms with Crippen molar-refractivity contribution in [3.63, 3.8) is 0 Å². The summed E-state index contributed by atoms with van der Waals surface area (Å²) in [4.78, 5) is 68.6. The number of methoxy groups -OCH3 is 1. The average molecular weight is 769 g/mol. The molecule has 4 amide bonds. The van der Waals surface area contributed by atoms with Crippen LogP contribution in [-0.4, -0.2) is 80.8 Å². The van der Waals surface area contributed by atoms with Gasteiger partial charge in [-0.2, -0.15) is 0 Å². The third kappa shape index (κ3) is 10.1. The Morgan fingerprint density at radius 1 is 0.772 bits per heavy atom. The van der Waals surface area contributed by atoms with Gasteiger partial charge in [-0.25, -0.2) is 14.8 Å². The minimum absolute atomic E-state index is 0.0434. The van der Waals surface area contributed by atoms with Crippen molar-refractivity contribution in [2.45, 2.75) is 46.3 Å². The zero-order chi connectivity index (χ0) is 40.3. The molecule has 4 aromatic carbocycles. The molecule has 2 heterocycles. The minimum Gasteiger partial charge on any atom is -0.453 e. The summed E-state index contributed by atoms with van der Waals surface area (Å²) < 4.78 is 4.83. The number of imidazole rings is 2. The van der Waals surface area contributed by atoms with Crippen molar-refractivity contribution < 1.29 is 23.9 Å². The molecule has 57 heavy (non-hydrogen) atoms. The second kappa shape index (κ2) is 18.7. The topological polar surface area (TPSA) is 165 Å². The zero-order valence-electron chi connectivity index (χ0n) is 32.6. The quantitative estimate of drug-likeness (QED) is 0.0737. The lowest BCUT2D eigenvalue weighted by Crippen LogP contribution is -2.44. The van der Waals surface area contributed by atoms with Crippen LogP contribution in [0, 0.1) is 5.92 Å². The summed E-state index contributed by atoms with van der Waals surface area (Å²) in [6.45, 7) is 7.64. The predicted octanol–water partition coefficient (Wildman–Crippen LogP) is 6.85. The van der Waals surface area contributed by atoms with Crippen molar-refractivity contribution in [1.29, 1.82) is 0 Å². The van der Waals surface area contributed by atoms with Crippen LogP contribution in [0.1, 0.15) is 50.4 Å². The van der Waals surface area contributed by atoms with Gasteiger partial charge >= 0.3 is 6.09 Å². The number of H-pyrrole nitrogens is 2. The second-order valence-electron chi connectivity index (χ2n) is 14.2. The number of carbonyl (C=O) groups excluding carboxylic acids is 4. The molecule has 0 saturated carbocycles. The van der Waals surface area contributed by atoms with Gasteiger partial charge in [-0.05, 0) is 57.5 Å². The van der Waals surface area contributed by atoms with Gasteiger partial charge in [0.15, 0.2) is 0 Å². The predicted molar refractivity (Wildman–Crippen MR) is 219 cm³/mol. The summed E-state index contributed by atoms with van der Waals surface area (Å²) in [6, 6.07) is 29.1. The van der Waals surface area contributed by atoms with Crippen molar-refractivity contribution >= 4 is 35.1 Å². The molecule has 0 aliphatic rings. The van der Waals surface area contributed by atoms with Crippen LogP contribution in [-0.2, 0) is 32.2 Å². The number of carbonyl (C=O) groups is 4. The average Bonchev–Trinajstić information content (AvgIpc) is 3.91. The fourth-order valence-electron chi connectivity index (χ4n) is 6.74. The Hall–Kier alpha value is -6.76. The van der Waals surface area contributed by atoms with Gasteiger partial charge in [0.25, 0.3) is 0 Å². The van der Waals surface area contributed by atoms with Crippen LogP contribution in [0.15, 0.2) is 103 Å². The van der Waals surface area contributed by atoms with Gasteiger partial charge in [-0.15, -0.1) is 0 Å². The molecule has 0 radical (unpaired) electrons. The van der Waals surface area contributed by atoms with Gasteiger partial charge in [0, 0.05) is 18.7 Å². The molecule has 0 aliphatic carbocycles. The monoisotopic (exact) mass is 768 g/mol. The highest BCUT2D eigenvalue weighted by molar-refractivity contribution is 5.91. The van der Waals surface area contributed by atoms with Gasteiger partial charge < -0.3 is 35.1 Å². The number of benzene rings is 4. The third-order valence-corrected chi connectivity index (χ3v) is 9.53. The smallest absolute Gasteiger partial charge is 0.407 e. The van der Waals surface area contributed by atoms with E-state index < -0.39 is 12.1 Å². The Bertz CT molecular complexity index is 2300. The highest BCUT2D eigenvalue weighted by atomic mass is 16.5. The lowest BCUT2D eigenvalue weighted by Gasteiger charge is -2.28. The Morgan fingerprint density at radius 3 is 1.96 bits per heavy atom. The first-order valence-electron chi connectivity index (χ1n) is 19.0. The van der Waals surface area contributed by atoms with Crippen LogP contribution in [0.4, 0.5) is 4.79 Å². The van der Waals surface area contributed by atoms with Crippen LogP contribution < -0.4 is 10.6 Å². The van der Waals surface area contributed by atoms with E-state index in [9.17, 15) is 19.2 Å². The van der Waals surface area contributed by atoms with Crippen LogP contribution >= 0.6 is 0 Å². The minimum atomic E-state index is -0.910. The van der Waals surface area contributed by atoms with Gasteiger partial charge in [0.1, 0.15) is 17.7 Å². The maximum Gasteiger partial charge on any atom is 0.407 e.